The summed E-state index contributed by atoms with van der Waals surface area (Å²) >= 11 is 8.25. The molecule has 27 heavy (non-hydrogen) atoms. The van der Waals surface area contributed by atoms with E-state index in [1.165, 1.54) is 0 Å². The number of hydrogen-bond donors (Lipinski definition) is 2. The first kappa shape index (κ1) is 20.6. The molecule has 0 aliphatic rings. The molecule has 0 saturated heterocycles. The van der Waals surface area contributed by atoms with Gasteiger partial charge >= 0.3 is 0 Å². The number of thiocarbonyl (C=S) groups is 1. The summed E-state index contributed by atoms with van der Waals surface area (Å²) in [6.45, 7) is 3.87. The topological polar surface area (TPSA) is 88.1 Å². The maximum Gasteiger partial charge on any atom is 0.262 e. The Bertz CT molecular complexity index is 947. The maximum absolute atomic E-state index is 12.1. The first-order valence-corrected chi connectivity index (χ1v) is 9.21. The van der Waals surface area contributed by atoms with Crippen LogP contribution in [0.4, 0.5) is 5.69 Å². The van der Waals surface area contributed by atoms with Crippen LogP contribution in [0.2, 0.25) is 0 Å². The Balaban J connectivity index is 1.97. The zero-order chi connectivity index (χ0) is 20.0. The zero-order valence-electron chi connectivity index (χ0n) is 14.9. The lowest BCUT2D eigenvalue weighted by Gasteiger charge is -2.11. The van der Waals surface area contributed by atoms with Gasteiger partial charge in [-0.1, -0.05) is 24.4 Å². The highest BCUT2D eigenvalue weighted by Gasteiger charge is 2.08. The average Bonchev–Trinajstić information content (AvgIpc) is 2.63. The molecule has 0 atom stereocenters. The van der Waals surface area contributed by atoms with Crippen molar-refractivity contribution in [3.63, 3.8) is 0 Å². The second-order valence-electron chi connectivity index (χ2n) is 5.86. The molecule has 1 amide bonds. The number of halogens is 1. The summed E-state index contributed by atoms with van der Waals surface area (Å²) in [5.74, 6) is 0.276. The molecular weight excluding hydrogens is 426 g/mol. The van der Waals surface area contributed by atoms with Gasteiger partial charge in [0.05, 0.1) is 11.3 Å². The Labute approximate surface area is 172 Å². The van der Waals surface area contributed by atoms with Gasteiger partial charge in [-0.2, -0.15) is 5.26 Å². The largest absolute Gasteiger partial charge is 0.484 e. The van der Waals surface area contributed by atoms with Crippen LogP contribution in [-0.4, -0.2) is 17.5 Å². The van der Waals surface area contributed by atoms with Crippen LogP contribution in [0.25, 0.3) is 6.08 Å². The van der Waals surface area contributed by atoms with E-state index >= 15 is 0 Å². The fraction of sp³-hybridized carbons (Fsp3) is 0.150. The minimum atomic E-state index is -0.261. The van der Waals surface area contributed by atoms with Crippen molar-refractivity contribution in [2.45, 2.75) is 13.8 Å². The molecule has 7 heteroatoms. The molecule has 3 N–H and O–H groups in total. The van der Waals surface area contributed by atoms with Crippen molar-refractivity contribution in [3.8, 4) is 11.8 Å². The number of carbonyl (C=O) groups excluding carboxylic acids is 1. The molecule has 2 aromatic carbocycles. The first-order chi connectivity index (χ1) is 12.8. The van der Waals surface area contributed by atoms with E-state index in [0.717, 1.165) is 21.2 Å². The lowest BCUT2D eigenvalue weighted by atomic mass is 10.1. The molecule has 0 unspecified atom stereocenters. The summed E-state index contributed by atoms with van der Waals surface area (Å²) in [7, 11) is 0. The fourth-order valence-corrected chi connectivity index (χ4v) is 2.86. The van der Waals surface area contributed by atoms with Gasteiger partial charge in [0.15, 0.2) is 6.61 Å². The van der Waals surface area contributed by atoms with Crippen molar-refractivity contribution in [2.24, 2.45) is 5.73 Å². The van der Waals surface area contributed by atoms with Crippen LogP contribution in [0.3, 0.4) is 0 Å². The van der Waals surface area contributed by atoms with Crippen molar-refractivity contribution in [1.29, 1.82) is 5.26 Å². The molecule has 0 aliphatic carbocycles. The molecular formula is C20H18BrN3O2S. The summed E-state index contributed by atoms with van der Waals surface area (Å²) in [6, 6.07) is 12.7. The number of ether oxygens (including phenoxy) is 1. The van der Waals surface area contributed by atoms with E-state index in [2.05, 4.69) is 21.2 Å². The summed E-state index contributed by atoms with van der Waals surface area (Å²) in [6.07, 6.45) is 1.59. The SMILES string of the molecule is Cc1cc(Br)c(NC(=O)COc2ccc(C=C(C#N)C(N)=S)cc2)cc1C. The Morgan fingerprint density at radius 2 is 1.93 bits per heavy atom. The number of benzene rings is 2. The maximum atomic E-state index is 12.1. The number of nitrogens with zero attached hydrogens (tertiary/aromatic N) is 1. The molecule has 0 fully saturated rings. The van der Waals surface area contributed by atoms with Crippen LogP contribution in [0.1, 0.15) is 16.7 Å². The van der Waals surface area contributed by atoms with E-state index in [-0.39, 0.29) is 23.1 Å². The molecule has 0 aliphatic heterocycles. The van der Waals surface area contributed by atoms with Crippen molar-refractivity contribution < 1.29 is 9.53 Å². The van der Waals surface area contributed by atoms with Crippen molar-refractivity contribution in [2.75, 3.05) is 11.9 Å². The highest BCUT2D eigenvalue weighted by Crippen LogP contribution is 2.26. The van der Waals surface area contributed by atoms with Gasteiger partial charge in [-0.05, 0) is 76.8 Å². The summed E-state index contributed by atoms with van der Waals surface area (Å²) in [5, 5.41) is 11.8. The predicted molar refractivity (Wildman–Crippen MR) is 115 cm³/mol. The summed E-state index contributed by atoms with van der Waals surface area (Å²) < 4.78 is 6.32. The smallest absolute Gasteiger partial charge is 0.262 e. The van der Waals surface area contributed by atoms with Crippen LogP contribution in [0.15, 0.2) is 46.4 Å². The molecule has 0 heterocycles. The second kappa shape index (κ2) is 9.31. The number of nitrogens with one attached hydrogen (secondary N) is 1. The third kappa shape index (κ3) is 5.91. The molecule has 5 nitrogen and oxygen atoms in total. The van der Waals surface area contributed by atoms with Crippen molar-refractivity contribution in [1.82, 2.24) is 0 Å². The first-order valence-electron chi connectivity index (χ1n) is 8.01. The minimum absolute atomic E-state index is 0.0481. The number of anilines is 1. The Morgan fingerprint density at radius 1 is 1.30 bits per heavy atom. The van der Waals surface area contributed by atoms with Gasteiger partial charge in [0.25, 0.3) is 5.91 Å². The van der Waals surface area contributed by atoms with Crippen LogP contribution < -0.4 is 15.8 Å². The van der Waals surface area contributed by atoms with Crippen molar-refractivity contribution >= 4 is 50.8 Å². The Kier molecular flexibility index (Phi) is 7.11. The van der Waals surface area contributed by atoms with E-state index < -0.39 is 0 Å². The Hall–Kier alpha value is -2.69. The predicted octanol–water partition coefficient (Wildman–Crippen LogP) is 4.28. The van der Waals surface area contributed by atoms with Gasteiger partial charge in [-0.25, -0.2) is 0 Å². The zero-order valence-corrected chi connectivity index (χ0v) is 17.3. The molecule has 138 valence electrons. The summed E-state index contributed by atoms with van der Waals surface area (Å²) in [5.41, 5.74) is 9.39. The van der Waals surface area contributed by atoms with Gasteiger partial charge < -0.3 is 15.8 Å². The number of aryl methyl sites for hydroxylation is 2. The number of nitrogens with two attached hydrogens (primary N) is 1. The lowest BCUT2D eigenvalue weighted by Crippen LogP contribution is -2.20. The molecule has 2 rings (SSSR count). The van der Waals surface area contributed by atoms with Crippen LogP contribution in [0, 0.1) is 25.2 Å². The number of nitriles is 1. The van der Waals surface area contributed by atoms with Gasteiger partial charge in [-0.15, -0.1) is 0 Å². The third-order valence-electron chi connectivity index (χ3n) is 3.80. The van der Waals surface area contributed by atoms with Gasteiger partial charge in [0.2, 0.25) is 0 Å². The number of amides is 1. The molecule has 0 spiro atoms. The molecule has 0 aromatic heterocycles. The van der Waals surface area contributed by atoms with Gasteiger partial charge in [0, 0.05) is 4.47 Å². The van der Waals surface area contributed by atoms with E-state index in [1.807, 2.05) is 32.0 Å². The van der Waals surface area contributed by atoms with E-state index in [9.17, 15) is 4.79 Å². The lowest BCUT2D eigenvalue weighted by molar-refractivity contribution is -0.118. The quantitative estimate of drug-likeness (QED) is 0.395. The highest BCUT2D eigenvalue weighted by atomic mass is 79.9. The van der Waals surface area contributed by atoms with E-state index in [4.69, 9.17) is 28.0 Å². The van der Waals surface area contributed by atoms with Crippen molar-refractivity contribution in [3.05, 3.63) is 63.1 Å². The Morgan fingerprint density at radius 3 is 2.52 bits per heavy atom. The number of rotatable bonds is 6. The molecule has 0 saturated carbocycles. The molecule has 0 radical (unpaired) electrons. The number of hydrogen-bond acceptors (Lipinski definition) is 4. The minimum Gasteiger partial charge on any atom is -0.484 e. The normalized spacial score (nSPS) is 10.8. The number of carbonyl (C=O) groups is 1. The van der Waals surface area contributed by atoms with Gasteiger partial charge in [0.1, 0.15) is 16.8 Å². The second-order valence-corrected chi connectivity index (χ2v) is 7.15. The van der Waals surface area contributed by atoms with Crippen LogP contribution in [0.5, 0.6) is 5.75 Å². The monoisotopic (exact) mass is 443 g/mol. The third-order valence-corrected chi connectivity index (χ3v) is 4.68. The van der Waals surface area contributed by atoms with E-state index in [0.29, 0.717) is 11.4 Å². The molecule has 0 bridgehead atoms. The standard InChI is InChI=1S/C20H18BrN3O2S/c1-12-7-17(21)18(8-13(12)2)24-19(25)11-26-16-5-3-14(4-6-16)9-15(10-22)20(23)27/h3-9H,11H2,1-2H3,(H2,23,27)(H,24,25). The molecule has 2 aromatic rings. The summed E-state index contributed by atoms with van der Waals surface area (Å²) in [4.78, 5) is 12.2. The van der Waals surface area contributed by atoms with Crippen LogP contribution >= 0.6 is 28.1 Å². The van der Waals surface area contributed by atoms with E-state index in [1.54, 1.807) is 30.3 Å². The van der Waals surface area contributed by atoms with Crippen LogP contribution in [-0.2, 0) is 4.79 Å². The highest BCUT2D eigenvalue weighted by molar-refractivity contribution is 9.10. The fourth-order valence-electron chi connectivity index (χ4n) is 2.20. The average molecular weight is 444 g/mol. The van der Waals surface area contributed by atoms with Gasteiger partial charge in [-0.3, -0.25) is 4.79 Å².